The number of methoxy groups -OCH3 is 1. The van der Waals surface area contributed by atoms with Gasteiger partial charge in [0.15, 0.2) is 0 Å². The van der Waals surface area contributed by atoms with E-state index in [1.807, 2.05) is 61.3 Å². The van der Waals surface area contributed by atoms with Crippen molar-refractivity contribution < 1.29 is 14.3 Å². The number of nitrogens with zero attached hydrogens (tertiary/aromatic N) is 4. The van der Waals surface area contributed by atoms with Gasteiger partial charge in [0.2, 0.25) is 5.91 Å². The molecule has 1 unspecified atom stereocenters. The van der Waals surface area contributed by atoms with Crippen molar-refractivity contribution in [3.05, 3.63) is 53.9 Å². The molecule has 0 radical (unpaired) electrons. The Balaban J connectivity index is 1.94. The molecule has 1 aromatic heterocycles. The van der Waals surface area contributed by atoms with E-state index in [4.69, 9.17) is 4.74 Å². The number of urea groups is 1. The Bertz CT molecular complexity index is 890. The zero-order chi connectivity index (χ0) is 21.8. The SMILES string of the molecule is COc1ccccc1C1c2cccn2CCN1C(=O)CN(CC(C)C)C(=O)N(C)C. The Hall–Kier alpha value is -2.96. The lowest BCUT2D eigenvalue weighted by Gasteiger charge is -2.39. The Morgan fingerprint density at radius 3 is 2.53 bits per heavy atom. The fraction of sp³-hybridized carbons (Fsp3) is 0.478. The maximum atomic E-state index is 13.5. The standard InChI is InChI=1S/C23H32N4O3/c1-17(2)15-26(23(29)24(3)4)16-21(28)27-14-13-25-12-8-10-19(25)22(27)18-9-6-7-11-20(18)30-5/h6-12,17,22H,13-16H2,1-5H3. The van der Waals surface area contributed by atoms with Crippen molar-refractivity contribution in [2.75, 3.05) is 40.8 Å². The van der Waals surface area contributed by atoms with Gasteiger partial charge in [-0.3, -0.25) is 4.79 Å². The number of carbonyl (C=O) groups excluding carboxylic acids is 2. The molecular weight excluding hydrogens is 380 g/mol. The number of hydrogen-bond acceptors (Lipinski definition) is 3. The zero-order valence-corrected chi connectivity index (χ0v) is 18.5. The fourth-order valence-corrected chi connectivity index (χ4v) is 4.06. The largest absolute Gasteiger partial charge is 0.496 e. The molecule has 2 heterocycles. The van der Waals surface area contributed by atoms with Crippen LogP contribution in [0.2, 0.25) is 0 Å². The molecule has 1 aliphatic heterocycles. The highest BCUT2D eigenvalue weighted by atomic mass is 16.5. The molecule has 7 heteroatoms. The molecule has 30 heavy (non-hydrogen) atoms. The second-order valence-electron chi connectivity index (χ2n) is 8.31. The van der Waals surface area contributed by atoms with Crippen molar-refractivity contribution in [1.29, 1.82) is 0 Å². The van der Waals surface area contributed by atoms with E-state index in [0.29, 0.717) is 13.1 Å². The number of para-hydroxylation sites is 1. The first-order valence-electron chi connectivity index (χ1n) is 10.4. The summed E-state index contributed by atoms with van der Waals surface area (Å²) in [5.74, 6) is 0.956. The number of benzene rings is 1. The summed E-state index contributed by atoms with van der Waals surface area (Å²) in [6.45, 7) is 5.99. The van der Waals surface area contributed by atoms with Crippen molar-refractivity contribution in [2.45, 2.75) is 26.4 Å². The van der Waals surface area contributed by atoms with E-state index in [-0.39, 0.29) is 30.4 Å². The summed E-state index contributed by atoms with van der Waals surface area (Å²) >= 11 is 0. The monoisotopic (exact) mass is 412 g/mol. The van der Waals surface area contributed by atoms with E-state index in [0.717, 1.165) is 23.6 Å². The van der Waals surface area contributed by atoms with Crippen LogP contribution in [0.25, 0.3) is 0 Å². The number of ether oxygens (including phenoxy) is 1. The Morgan fingerprint density at radius 2 is 1.87 bits per heavy atom. The average Bonchev–Trinajstić information content (AvgIpc) is 3.20. The van der Waals surface area contributed by atoms with Crippen LogP contribution in [0.4, 0.5) is 4.79 Å². The van der Waals surface area contributed by atoms with Crippen molar-refractivity contribution in [2.24, 2.45) is 5.92 Å². The minimum atomic E-state index is -0.257. The van der Waals surface area contributed by atoms with Gasteiger partial charge < -0.3 is 24.0 Å². The second kappa shape index (κ2) is 9.24. The summed E-state index contributed by atoms with van der Waals surface area (Å²) in [6, 6.07) is 11.5. The van der Waals surface area contributed by atoms with Crippen LogP contribution >= 0.6 is 0 Å². The van der Waals surface area contributed by atoms with Crippen molar-refractivity contribution in [3.63, 3.8) is 0 Å². The summed E-state index contributed by atoms with van der Waals surface area (Å²) in [5, 5.41) is 0. The van der Waals surface area contributed by atoms with Crippen LogP contribution in [-0.2, 0) is 11.3 Å². The first kappa shape index (κ1) is 21.7. The van der Waals surface area contributed by atoms with Crippen LogP contribution in [0, 0.1) is 5.92 Å². The maximum absolute atomic E-state index is 13.5. The summed E-state index contributed by atoms with van der Waals surface area (Å²) < 4.78 is 7.78. The Morgan fingerprint density at radius 1 is 1.13 bits per heavy atom. The Labute approximate surface area is 178 Å². The molecular formula is C23H32N4O3. The van der Waals surface area contributed by atoms with Gasteiger partial charge in [0, 0.05) is 51.2 Å². The molecule has 0 aliphatic carbocycles. The van der Waals surface area contributed by atoms with Gasteiger partial charge in [0.05, 0.1) is 7.11 Å². The lowest BCUT2D eigenvalue weighted by molar-refractivity contribution is -0.134. The van der Waals surface area contributed by atoms with Crippen molar-refractivity contribution in [3.8, 4) is 5.75 Å². The second-order valence-corrected chi connectivity index (χ2v) is 8.31. The van der Waals surface area contributed by atoms with Crippen LogP contribution in [0.1, 0.15) is 31.1 Å². The number of carbonyl (C=O) groups is 2. The predicted molar refractivity (Wildman–Crippen MR) is 116 cm³/mol. The van der Waals surface area contributed by atoms with Crippen molar-refractivity contribution in [1.82, 2.24) is 19.3 Å². The van der Waals surface area contributed by atoms with Gasteiger partial charge in [-0.15, -0.1) is 0 Å². The predicted octanol–water partition coefficient (Wildman–Crippen LogP) is 3.07. The highest BCUT2D eigenvalue weighted by Crippen LogP contribution is 2.37. The average molecular weight is 413 g/mol. The smallest absolute Gasteiger partial charge is 0.319 e. The van der Waals surface area contributed by atoms with E-state index in [2.05, 4.69) is 4.57 Å². The molecule has 1 atom stereocenters. The van der Waals surface area contributed by atoms with E-state index in [1.54, 1.807) is 26.1 Å². The number of rotatable bonds is 6. The van der Waals surface area contributed by atoms with Crippen LogP contribution < -0.4 is 4.74 Å². The molecule has 0 saturated heterocycles. The van der Waals surface area contributed by atoms with Crippen LogP contribution in [-0.4, -0.2) is 72.0 Å². The van der Waals surface area contributed by atoms with Crippen LogP contribution in [0.5, 0.6) is 5.75 Å². The van der Waals surface area contributed by atoms with Gasteiger partial charge in [0.1, 0.15) is 18.3 Å². The van der Waals surface area contributed by atoms with Gasteiger partial charge in [-0.2, -0.15) is 0 Å². The molecule has 0 spiro atoms. The van der Waals surface area contributed by atoms with E-state index < -0.39 is 0 Å². The fourth-order valence-electron chi connectivity index (χ4n) is 4.06. The third-order valence-corrected chi connectivity index (χ3v) is 5.36. The van der Waals surface area contributed by atoms with Gasteiger partial charge in [-0.05, 0) is 24.1 Å². The number of fused-ring (bicyclic) bond motifs is 1. The molecule has 0 fully saturated rings. The van der Waals surface area contributed by atoms with Crippen LogP contribution in [0.3, 0.4) is 0 Å². The summed E-state index contributed by atoms with van der Waals surface area (Å²) in [6.07, 6.45) is 2.04. The molecule has 1 aromatic carbocycles. The zero-order valence-electron chi connectivity index (χ0n) is 18.5. The van der Waals surface area contributed by atoms with Gasteiger partial charge in [-0.25, -0.2) is 4.79 Å². The minimum Gasteiger partial charge on any atom is -0.496 e. The first-order valence-corrected chi connectivity index (χ1v) is 10.4. The highest BCUT2D eigenvalue weighted by Gasteiger charge is 2.35. The topological polar surface area (TPSA) is 58.0 Å². The molecule has 2 aromatic rings. The molecule has 1 aliphatic rings. The molecule has 0 N–H and O–H groups in total. The third-order valence-electron chi connectivity index (χ3n) is 5.36. The minimum absolute atomic E-state index is 0.0571. The molecule has 7 nitrogen and oxygen atoms in total. The number of aromatic nitrogens is 1. The Kier molecular flexibility index (Phi) is 6.70. The normalized spacial score (nSPS) is 15.7. The van der Waals surface area contributed by atoms with E-state index in [9.17, 15) is 9.59 Å². The molecule has 162 valence electrons. The molecule has 3 amide bonds. The number of amides is 3. The van der Waals surface area contributed by atoms with Gasteiger partial charge in [0.25, 0.3) is 0 Å². The molecule has 3 rings (SSSR count). The third kappa shape index (κ3) is 4.45. The molecule has 0 saturated carbocycles. The lowest BCUT2D eigenvalue weighted by atomic mass is 9.98. The molecule has 0 bridgehead atoms. The lowest BCUT2D eigenvalue weighted by Crippen LogP contribution is -2.50. The summed E-state index contributed by atoms with van der Waals surface area (Å²) in [7, 11) is 5.07. The van der Waals surface area contributed by atoms with Gasteiger partial charge in [-0.1, -0.05) is 32.0 Å². The van der Waals surface area contributed by atoms with E-state index >= 15 is 0 Å². The van der Waals surface area contributed by atoms with Gasteiger partial charge >= 0.3 is 6.03 Å². The summed E-state index contributed by atoms with van der Waals surface area (Å²) in [5.41, 5.74) is 2.00. The first-order chi connectivity index (χ1) is 14.3. The maximum Gasteiger partial charge on any atom is 0.319 e. The quantitative estimate of drug-likeness (QED) is 0.733. The van der Waals surface area contributed by atoms with E-state index in [1.165, 1.54) is 4.90 Å². The highest BCUT2D eigenvalue weighted by molar-refractivity contribution is 5.84. The van der Waals surface area contributed by atoms with Crippen molar-refractivity contribution >= 4 is 11.9 Å². The summed E-state index contributed by atoms with van der Waals surface area (Å²) in [4.78, 5) is 31.2. The van der Waals surface area contributed by atoms with Crippen LogP contribution in [0.15, 0.2) is 42.6 Å². The number of hydrogen-bond donors (Lipinski definition) is 0.